The fourth-order valence-electron chi connectivity index (χ4n) is 2.17. The van der Waals surface area contributed by atoms with Crippen LogP contribution in [0.3, 0.4) is 0 Å². The van der Waals surface area contributed by atoms with E-state index in [1.165, 1.54) is 18.2 Å². The van der Waals surface area contributed by atoms with Crippen LogP contribution in [-0.2, 0) is 4.79 Å². The molecule has 2 aromatic carbocycles. The lowest BCUT2D eigenvalue weighted by molar-refractivity contribution is -0.122. The van der Waals surface area contributed by atoms with Crippen LogP contribution in [0.2, 0.25) is 5.02 Å². The molecule has 8 heteroatoms. The minimum absolute atomic E-state index is 0.0422. The molecule has 2 aromatic rings. The van der Waals surface area contributed by atoms with Gasteiger partial charge in [-0.15, -0.1) is 0 Å². The van der Waals surface area contributed by atoms with E-state index in [-0.39, 0.29) is 17.4 Å². The molecule has 1 amide bonds. The minimum atomic E-state index is -1.39. The number of fused-ring (bicyclic) bond motifs is 1. The molecule has 1 aliphatic heterocycles. The molecular formula is C16H11ClF3NO3. The Morgan fingerprint density at radius 2 is 1.92 bits per heavy atom. The van der Waals surface area contributed by atoms with E-state index in [0.717, 1.165) is 6.92 Å². The summed E-state index contributed by atoms with van der Waals surface area (Å²) in [4.78, 5) is 11.5. The number of rotatable bonds is 2. The monoisotopic (exact) mass is 357 g/mol. The predicted molar refractivity (Wildman–Crippen MR) is 81.3 cm³/mol. The molecule has 0 saturated heterocycles. The van der Waals surface area contributed by atoms with Gasteiger partial charge in [0.15, 0.2) is 23.5 Å². The van der Waals surface area contributed by atoms with Crippen LogP contribution in [0.1, 0.15) is 12.5 Å². The summed E-state index contributed by atoms with van der Waals surface area (Å²) in [6, 6.07) is 4.20. The van der Waals surface area contributed by atoms with Gasteiger partial charge in [0.2, 0.25) is 5.82 Å². The van der Waals surface area contributed by atoms with Gasteiger partial charge in [-0.1, -0.05) is 11.6 Å². The molecule has 24 heavy (non-hydrogen) atoms. The van der Waals surface area contributed by atoms with Crippen LogP contribution in [0.25, 0.3) is 0 Å². The summed E-state index contributed by atoms with van der Waals surface area (Å²) in [6.07, 6.45) is -0.720. The van der Waals surface area contributed by atoms with Crippen molar-refractivity contribution in [3.63, 3.8) is 0 Å². The van der Waals surface area contributed by atoms with Crippen molar-refractivity contribution in [2.24, 2.45) is 0 Å². The number of anilines is 1. The summed E-state index contributed by atoms with van der Waals surface area (Å²) in [5.41, 5.74) is -0.131. The number of halogens is 4. The molecule has 1 N–H and O–H groups in total. The van der Waals surface area contributed by atoms with Gasteiger partial charge in [0.25, 0.3) is 5.91 Å². The standard InChI is InChI=1S/C16H11ClF3NO3/c1-6-12(18)11(17)15(14(20)13(6)19)24-8-3-4-9-10(5-8)23-7(2)16(22)21-9/h3-5,7H,1-2H3,(H,21,22). The van der Waals surface area contributed by atoms with Crippen molar-refractivity contribution in [1.82, 2.24) is 0 Å². The molecule has 4 nitrogen and oxygen atoms in total. The van der Waals surface area contributed by atoms with Crippen LogP contribution < -0.4 is 14.8 Å². The van der Waals surface area contributed by atoms with Crippen LogP contribution in [0.4, 0.5) is 18.9 Å². The normalized spacial score (nSPS) is 16.2. The summed E-state index contributed by atoms with van der Waals surface area (Å²) in [7, 11) is 0. The molecule has 0 saturated carbocycles. The first kappa shape index (κ1) is 16.4. The van der Waals surface area contributed by atoms with E-state index in [2.05, 4.69) is 5.32 Å². The molecule has 0 fully saturated rings. The van der Waals surface area contributed by atoms with E-state index in [4.69, 9.17) is 21.1 Å². The number of benzene rings is 2. The fraction of sp³-hybridized carbons (Fsp3) is 0.188. The Morgan fingerprint density at radius 1 is 1.21 bits per heavy atom. The predicted octanol–water partition coefficient (Wildman–Crippen LogP) is 4.58. The molecular weight excluding hydrogens is 347 g/mol. The molecule has 0 bridgehead atoms. The molecule has 1 atom stereocenters. The van der Waals surface area contributed by atoms with Gasteiger partial charge >= 0.3 is 0 Å². The largest absolute Gasteiger partial charge is 0.479 e. The molecule has 126 valence electrons. The van der Waals surface area contributed by atoms with E-state index in [0.29, 0.717) is 5.69 Å². The van der Waals surface area contributed by atoms with Gasteiger partial charge in [-0.05, 0) is 26.0 Å². The number of hydrogen-bond acceptors (Lipinski definition) is 3. The van der Waals surface area contributed by atoms with Gasteiger partial charge in [0, 0.05) is 11.6 Å². The van der Waals surface area contributed by atoms with Gasteiger partial charge in [-0.3, -0.25) is 4.79 Å². The highest BCUT2D eigenvalue weighted by Crippen LogP contribution is 2.40. The van der Waals surface area contributed by atoms with E-state index in [1.54, 1.807) is 6.92 Å². The zero-order valence-electron chi connectivity index (χ0n) is 12.5. The maximum atomic E-state index is 14.0. The van der Waals surface area contributed by atoms with E-state index < -0.39 is 39.9 Å². The second-order valence-corrected chi connectivity index (χ2v) is 5.60. The average molecular weight is 358 g/mol. The van der Waals surface area contributed by atoms with Crippen molar-refractivity contribution in [2.45, 2.75) is 20.0 Å². The Morgan fingerprint density at radius 3 is 2.62 bits per heavy atom. The van der Waals surface area contributed by atoms with Gasteiger partial charge < -0.3 is 14.8 Å². The maximum absolute atomic E-state index is 14.0. The van der Waals surface area contributed by atoms with Crippen molar-refractivity contribution in [1.29, 1.82) is 0 Å². The highest BCUT2D eigenvalue weighted by atomic mass is 35.5. The lowest BCUT2D eigenvalue weighted by Crippen LogP contribution is -2.34. The van der Waals surface area contributed by atoms with Gasteiger partial charge in [-0.25, -0.2) is 8.78 Å². The Balaban J connectivity index is 1.99. The highest BCUT2D eigenvalue weighted by Gasteiger charge is 2.26. The topological polar surface area (TPSA) is 47.6 Å². The van der Waals surface area contributed by atoms with Crippen molar-refractivity contribution < 1.29 is 27.4 Å². The molecule has 0 aromatic heterocycles. The number of carbonyl (C=O) groups is 1. The summed E-state index contributed by atoms with van der Waals surface area (Å²) < 4.78 is 52.1. The zero-order chi connectivity index (χ0) is 17.6. The van der Waals surface area contributed by atoms with Crippen LogP contribution >= 0.6 is 11.6 Å². The molecule has 3 rings (SSSR count). The van der Waals surface area contributed by atoms with Crippen LogP contribution in [0, 0.1) is 24.4 Å². The smallest absolute Gasteiger partial charge is 0.265 e. The Labute approximate surface area is 140 Å². The van der Waals surface area contributed by atoms with E-state index in [9.17, 15) is 18.0 Å². The van der Waals surface area contributed by atoms with Crippen molar-refractivity contribution in [3.05, 3.63) is 46.2 Å². The first-order chi connectivity index (χ1) is 11.3. The molecule has 1 heterocycles. The van der Waals surface area contributed by atoms with Crippen molar-refractivity contribution in [3.8, 4) is 17.2 Å². The third-order valence-electron chi connectivity index (χ3n) is 3.55. The molecule has 0 radical (unpaired) electrons. The SMILES string of the molecule is Cc1c(F)c(F)c(Oc2ccc3c(c2)OC(C)C(=O)N3)c(Cl)c1F. The fourth-order valence-corrected chi connectivity index (χ4v) is 2.44. The number of hydrogen-bond donors (Lipinski definition) is 1. The minimum Gasteiger partial charge on any atom is -0.479 e. The Kier molecular flexibility index (Phi) is 4.04. The van der Waals surface area contributed by atoms with Crippen molar-refractivity contribution in [2.75, 3.05) is 5.32 Å². The number of carbonyl (C=O) groups excluding carboxylic acids is 1. The lowest BCUT2D eigenvalue weighted by atomic mass is 10.2. The lowest BCUT2D eigenvalue weighted by Gasteiger charge is -2.23. The average Bonchev–Trinajstić information content (AvgIpc) is 2.56. The van der Waals surface area contributed by atoms with E-state index >= 15 is 0 Å². The molecule has 0 aliphatic carbocycles. The quantitative estimate of drug-likeness (QED) is 0.800. The number of nitrogens with one attached hydrogen (secondary N) is 1. The first-order valence-electron chi connectivity index (χ1n) is 6.91. The summed E-state index contributed by atoms with van der Waals surface area (Å²) in [5, 5.41) is 1.95. The molecule has 1 aliphatic rings. The van der Waals surface area contributed by atoms with Gasteiger partial charge in [0.05, 0.1) is 5.69 Å². The zero-order valence-corrected chi connectivity index (χ0v) is 13.3. The second kappa shape index (κ2) is 5.90. The van der Waals surface area contributed by atoms with E-state index in [1.807, 2.05) is 0 Å². The van der Waals surface area contributed by atoms with Crippen LogP contribution in [0.15, 0.2) is 18.2 Å². The third-order valence-corrected chi connectivity index (χ3v) is 3.88. The van der Waals surface area contributed by atoms with Gasteiger partial charge in [-0.2, -0.15) is 4.39 Å². The van der Waals surface area contributed by atoms with Crippen LogP contribution in [0.5, 0.6) is 17.2 Å². The third kappa shape index (κ3) is 2.65. The molecule has 0 spiro atoms. The van der Waals surface area contributed by atoms with Gasteiger partial charge in [0.1, 0.15) is 16.5 Å². The number of ether oxygens (including phenoxy) is 2. The Bertz CT molecular complexity index is 828. The summed E-state index contributed by atoms with van der Waals surface area (Å²) in [6.45, 7) is 2.62. The summed E-state index contributed by atoms with van der Waals surface area (Å²) >= 11 is 5.72. The molecule has 1 unspecified atom stereocenters. The van der Waals surface area contributed by atoms with Crippen LogP contribution in [-0.4, -0.2) is 12.0 Å². The summed E-state index contributed by atoms with van der Waals surface area (Å²) in [5.74, 6) is -4.61. The number of amides is 1. The Hall–Kier alpha value is -2.41. The highest BCUT2D eigenvalue weighted by molar-refractivity contribution is 6.32. The van der Waals surface area contributed by atoms with Crippen molar-refractivity contribution >= 4 is 23.2 Å². The maximum Gasteiger partial charge on any atom is 0.265 e. The second-order valence-electron chi connectivity index (χ2n) is 5.22. The first-order valence-corrected chi connectivity index (χ1v) is 7.29.